The Morgan fingerprint density at radius 3 is 2.24 bits per heavy atom. The zero-order chi connectivity index (χ0) is 23.5. The van der Waals surface area contributed by atoms with Crippen LogP contribution in [-0.4, -0.2) is 87.0 Å². The second-order valence-electron chi connectivity index (χ2n) is 8.67. The third kappa shape index (κ3) is 4.94. The molecule has 0 bridgehead atoms. The van der Waals surface area contributed by atoms with Crippen molar-refractivity contribution in [3.63, 3.8) is 0 Å². The van der Waals surface area contributed by atoms with Crippen molar-refractivity contribution in [2.45, 2.75) is 5.92 Å². The molecule has 176 valence electrons. The van der Waals surface area contributed by atoms with Crippen LogP contribution < -0.4 is 9.47 Å². The quantitative estimate of drug-likeness (QED) is 0.671. The summed E-state index contributed by atoms with van der Waals surface area (Å²) in [5.41, 5.74) is 1.44. The predicted octanol–water partition coefficient (Wildman–Crippen LogP) is 2.99. The molecule has 2 unspecified atom stereocenters. The predicted molar refractivity (Wildman–Crippen MR) is 127 cm³/mol. The SMILES string of the molecule is COc1ccc(OC)c(C2CN(C(=O)c3ccc(Cl)cc3)CC2C(=O)N2CCN(C)CC2)c1. The first-order valence-corrected chi connectivity index (χ1v) is 11.5. The van der Waals surface area contributed by atoms with Crippen LogP contribution in [0.1, 0.15) is 21.8 Å². The number of hydrogen-bond acceptors (Lipinski definition) is 5. The van der Waals surface area contributed by atoms with Crippen LogP contribution in [0.25, 0.3) is 0 Å². The Labute approximate surface area is 199 Å². The fraction of sp³-hybridized carbons (Fsp3) is 0.440. The summed E-state index contributed by atoms with van der Waals surface area (Å²) in [6.45, 7) is 3.86. The number of nitrogens with zero attached hydrogens (tertiary/aromatic N) is 3. The molecule has 2 aliphatic rings. The van der Waals surface area contributed by atoms with Crippen molar-refractivity contribution in [1.82, 2.24) is 14.7 Å². The molecule has 7 nitrogen and oxygen atoms in total. The lowest BCUT2D eigenvalue weighted by atomic mass is 9.87. The molecule has 2 fully saturated rings. The maximum Gasteiger partial charge on any atom is 0.253 e. The highest BCUT2D eigenvalue weighted by Crippen LogP contribution is 2.40. The minimum absolute atomic E-state index is 0.0874. The van der Waals surface area contributed by atoms with Crippen molar-refractivity contribution in [2.75, 3.05) is 60.5 Å². The molecule has 0 N–H and O–H groups in total. The second kappa shape index (κ2) is 10.0. The van der Waals surface area contributed by atoms with Crippen molar-refractivity contribution in [3.8, 4) is 11.5 Å². The highest BCUT2D eigenvalue weighted by molar-refractivity contribution is 6.30. The molecule has 2 aromatic carbocycles. The maximum absolute atomic E-state index is 13.7. The normalized spacial score (nSPS) is 21.2. The van der Waals surface area contributed by atoms with Crippen LogP contribution in [0.2, 0.25) is 5.02 Å². The number of ether oxygens (including phenoxy) is 2. The van der Waals surface area contributed by atoms with Gasteiger partial charge < -0.3 is 24.2 Å². The molecule has 4 rings (SSSR count). The minimum Gasteiger partial charge on any atom is -0.497 e. The Morgan fingerprint density at radius 1 is 0.909 bits per heavy atom. The molecule has 2 atom stereocenters. The van der Waals surface area contributed by atoms with Gasteiger partial charge in [0, 0.05) is 61.3 Å². The van der Waals surface area contributed by atoms with Gasteiger partial charge >= 0.3 is 0 Å². The van der Waals surface area contributed by atoms with Crippen molar-refractivity contribution >= 4 is 23.4 Å². The van der Waals surface area contributed by atoms with Gasteiger partial charge in [0.25, 0.3) is 5.91 Å². The molecule has 2 saturated heterocycles. The molecular weight excluding hydrogens is 442 g/mol. The number of likely N-dealkylation sites (N-methyl/N-ethyl adjacent to an activating group) is 1. The molecule has 0 saturated carbocycles. The van der Waals surface area contributed by atoms with Gasteiger partial charge in [0.2, 0.25) is 5.91 Å². The first kappa shape index (κ1) is 23.4. The molecule has 8 heteroatoms. The first-order valence-electron chi connectivity index (χ1n) is 11.2. The van der Waals surface area contributed by atoms with E-state index in [1.807, 2.05) is 23.1 Å². The summed E-state index contributed by atoms with van der Waals surface area (Å²) >= 11 is 6.00. The van der Waals surface area contributed by atoms with Gasteiger partial charge in [-0.1, -0.05) is 11.6 Å². The second-order valence-corrected chi connectivity index (χ2v) is 9.10. The van der Waals surface area contributed by atoms with Crippen LogP contribution in [0.15, 0.2) is 42.5 Å². The van der Waals surface area contributed by atoms with E-state index in [-0.39, 0.29) is 23.7 Å². The lowest BCUT2D eigenvalue weighted by Gasteiger charge is -2.35. The number of likely N-dealkylation sites (tertiary alicyclic amines) is 1. The molecule has 0 aliphatic carbocycles. The highest BCUT2D eigenvalue weighted by atomic mass is 35.5. The summed E-state index contributed by atoms with van der Waals surface area (Å²) in [5, 5.41) is 0.579. The summed E-state index contributed by atoms with van der Waals surface area (Å²) in [4.78, 5) is 32.9. The molecular formula is C25H30ClN3O4. The summed E-state index contributed by atoms with van der Waals surface area (Å²) in [7, 11) is 5.30. The molecule has 2 heterocycles. The van der Waals surface area contributed by atoms with Gasteiger partial charge in [-0.05, 0) is 49.5 Å². The fourth-order valence-corrected chi connectivity index (χ4v) is 4.83. The monoisotopic (exact) mass is 471 g/mol. The highest BCUT2D eigenvalue weighted by Gasteiger charge is 2.43. The van der Waals surface area contributed by atoms with Gasteiger partial charge in [0.05, 0.1) is 20.1 Å². The lowest BCUT2D eigenvalue weighted by Crippen LogP contribution is -2.50. The largest absolute Gasteiger partial charge is 0.497 e. The average Bonchev–Trinajstić information content (AvgIpc) is 3.29. The fourth-order valence-electron chi connectivity index (χ4n) is 4.70. The molecule has 2 amide bonds. The Hall–Kier alpha value is -2.77. The van der Waals surface area contributed by atoms with E-state index in [9.17, 15) is 9.59 Å². The van der Waals surface area contributed by atoms with E-state index in [1.54, 1.807) is 43.4 Å². The van der Waals surface area contributed by atoms with E-state index in [1.165, 1.54) is 0 Å². The van der Waals surface area contributed by atoms with Gasteiger partial charge in [-0.3, -0.25) is 9.59 Å². The molecule has 0 radical (unpaired) electrons. The number of benzene rings is 2. The molecule has 0 aromatic heterocycles. The van der Waals surface area contributed by atoms with Gasteiger partial charge in [-0.25, -0.2) is 0 Å². The Morgan fingerprint density at radius 2 is 1.61 bits per heavy atom. The summed E-state index contributed by atoms with van der Waals surface area (Å²) in [5.74, 6) is 0.817. The number of hydrogen-bond donors (Lipinski definition) is 0. The van der Waals surface area contributed by atoms with Crippen molar-refractivity contribution < 1.29 is 19.1 Å². The molecule has 33 heavy (non-hydrogen) atoms. The van der Waals surface area contributed by atoms with Crippen LogP contribution in [-0.2, 0) is 4.79 Å². The number of amides is 2. The standard InChI is InChI=1S/C25H30ClN3O4/c1-27-10-12-28(13-11-27)25(31)22-16-29(24(30)17-4-6-18(26)7-5-17)15-21(22)20-14-19(32-2)8-9-23(20)33-3/h4-9,14,21-22H,10-13,15-16H2,1-3H3. The van der Waals surface area contributed by atoms with Crippen LogP contribution in [0.4, 0.5) is 0 Å². The topological polar surface area (TPSA) is 62.3 Å². The van der Waals surface area contributed by atoms with Crippen LogP contribution in [0.5, 0.6) is 11.5 Å². The minimum atomic E-state index is -0.356. The third-order valence-electron chi connectivity index (χ3n) is 6.67. The lowest BCUT2D eigenvalue weighted by molar-refractivity contribution is -0.137. The van der Waals surface area contributed by atoms with E-state index in [0.717, 1.165) is 18.7 Å². The Kier molecular flexibility index (Phi) is 7.10. The van der Waals surface area contributed by atoms with Crippen LogP contribution in [0, 0.1) is 5.92 Å². The van der Waals surface area contributed by atoms with Gasteiger partial charge in [-0.2, -0.15) is 0 Å². The van der Waals surface area contributed by atoms with E-state index < -0.39 is 0 Å². The maximum atomic E-state index is 13.7. The third-order valence-corrected chi connectivity index (χ3v) is 6.92. The number of carbonyl (C=O) groups is 2. The number of methoxy groups -OCH3 is 2. The zero-order valence-corrected chi connectivity index (χ0v) is 20.0. The van der Waals surface area contributed by atoms with Gasteiger partial charge in [0.15, 0.2) is 0 Å². The number of halogens is 1. The van der Waals surface area contributed by atoms with E-state index >= 15 is 0 Å². The van der Waals surface area contributed by atoms with E-state index in [2.05, 4.69) is 11.9 Å². The smallest absolute Gasteiger partial charge is 0.253 e. The number of piperazine rings is 1. The summed E-state index contributed by atoms with van der Waals surface area (Å²) < 4.78 is 11.1. The zero-order valence-electron chi connectivity index (χ0n) is 19.3. The Balaban J connectivity index is 1.66. The first-order chi connectivity index (χ1) is 15.9. The van der Waals surface area contributed by atoms with E-state index in [0.29, 0.717) is 48.3 Å². The van der Waals surface area contributed by atoms with E-state index in [4.69, 9.17) is 21.1 Å². The molecule has 2 aliphatic heterocycles. The molecule has 2 aromatic rings. The average molecular weight is 472 g/mol. The van der Waals surface area contributed by atoms with Crippen LogP contribution in [0.3, 0.4) is 0 Å². The summed E-state index contributed by atoms with van der Waals surface area (Å²) in [6.07, 6.45) is 0. The van der Waals surface area contributed by atoms with Gasteiger partial charge in [-0.15, -0.1) is 0 Å². The number of carbonyl (C=O) groups excluding carboxylic acids is 2. The molecule has 0 spiro atoms. The van der Waals surface area contributed by atoms with Gasteiger partial charge in [0.1, 0.15) is 11.5 Å². The Bertz CT molecular complexity index is 1010. The summed E-state index contributed by atoms with van der Waals surface area (Å²) in [6, 6.07) is 12.5. The van der Waals surface area contributed by atoms with Crippen molar-refractivity contribution in [2.24, 2.45) is 5.92 Å². The van der Waals surface area contributed by atoms with Crippen molar-refractivity contribution in [3.05, 3.63) is 58.6 Å². The van der Waals surface area contributed by atoms with Crippen molar-refractivity contribution in [1.29, 1.82) is 0 Å². The van der Waals surface area contributed by atoms with Crippen LogP contribution >= 0.6 is 11.6 Å². The number of rotatable bonds is 5.